The first-order valence-electron chi connectivity index (χ1n) is 23.1. The van der Waals surface area contributed by atoms with Gasteiger partial charge in [-0.2, -0.15) is 0 Å². The minimum Gasteiger partial charge on any atom is -0.467 e. The first-order chi connectivity index (χ1) is 32.2. The van der Waals surface area contributed by atoms with Crippen LogP contribution in [0.2, 0.25) is 0 Å². The Bertz CT molecular complexity index is 2080. The molecule has 372 valence electrons. The largest absolute Gasteiger partial charge is 0.467 e. The molecule has 7 N–H and O–H groups in total. The summed E-state index contributed by atoms with van der Waals surface area (Å²) in [5.41, 5.74) is 0.508. The Hall–Kier alpha value is -6.57. The Labute approximate surface area is 397 Å². The van der Waals surface area contributed by atoms with Crippen molar-refractivity contribution in [3.8, 4) is 0 Å². The van der Waals surface area contributed by atoms with Crippen LogP contribution in [0.15, 0.2) is 60.7 Å². The molecular weight excluding hydrogens is 881 g/mol. The smallest absolute Gasteiger partial charge is 0.410 e. The van der Waals surface area contributed by atoms with E-state index in [1.165, 1.54) is 23.8 Å². The molecule has 2 aromatic carbocycles. The maximum Gasteiger partial charge on any atom is 0.410 e. The number of rotatable bonds is 21. The van der Waals surface area contributed by atoms with Gasteiger partial charge in [0.2, 0.25) is 41.4 Å². The number of likely N-dealkylation sites (tertiary alicyclic amines) is 2. The Kier molecular flexibility index (Phi) is 20.3. The van der Waals surface area contributed by atoms with Crippen LogP contribution in [0.1, 0.15) is 84.8 Å². The van der Waals surface area contributed by atoms with Gasteiger partial charge in [0.05, 0.1) is 20.3 Å². The van der Waals surface area contributed by atoms with Gasteiger partial charge >= 0.3 is 12.1 Å². The first kappa shape index (κ1) is 54.0. The van der Waals surface area contributed by atoms with Gasteiger partial charge in [0.15, 0.2) is 0 Å². The average molecular weight is 949 g/mol. The zero-order valence-corrected chi connectivity index (χ0v) is 40.0. The Balaban J connectivity index is 1.45. The number of hydrogen-bond donors (Lipinski definition) is 7. The fourth-order valence-electron chi connectivity index (χ4n) is 7.95. The van der Waals surface area contributed by atoms with Crippen molar-refractivity contribution in [3.05, 3.63) is 71.8 Å². The van der Waals surface area contributed by atoms with Crippen LogP contribution in [0.5, 0.6) is 0 Å². The molecule has 20 nitrogen and oxygen atoms in total. The molecule has 0 aliphatic carbocycles. The summed E-state index contributed by atoms with van der Waals surface area (Å²) in [7, 11) is 1.19. The van der Waals surface area contributed by atoms with Crippen LogP contribution in [0.4, 0.5) is 4.79 Å². The van der Waals surface area contributed by atoms with E-state index in [2.05, 4.69) is 31.9 Å². The fourth-order valence-corrected chi connectivity index (χ4v) is 7.95. The van der Waals surface area contributed by atoms with E-state index in [1.54, 1.807) is 81.4 Å². The molecule has 0 radical (unpaired) electrons. The third kappa shape index (κ3) is 16.3. The number of esters is 1. The van der Waals surface area contributed by atoms with Crippen LogP contribution in [0.25, 0.3) is 0 Å². The number of nitrogens with zero attached hydrogens (tertiary/aromatic N) is 2. The SMILES string of the molecule is COC(=O)[C@H](C)NC(=O)[C@H](CC(C)C)NC(=O)[C@@H]1CCCN1C(=O)CNC(=O)[C@H](Cc1ccccc1)NC(=O)[C@H](CO)NC(=O)[C@H](Cc1ccccc1)NC(=O)[C@@H]1CCCN1C(=O)OC(C)(C)C. The molecular formula is C48H68N8O12. The standard InChI is InChI=1S/C48H68N8O12/c1-29(2)24-33(41(60)50-30(3)46(65)67-7)52-44(63)37-20-14-22-55(37)39(58)27-49-40(59)34(25-31-16-10-8-11-17-31)51-43(62)36(28-57)54-42(61)35(26-32-18-12-9-13-19-32)53-45(64)38-21-15-23-56(38)47(66)68-48(4,5)6/h8-13,16-19,29-30,33-38,57H,14-15,20-28H2,1-7H3,(H,49,59)(H,50,60)(H,51,62)(H,52,63)(H,53,64)(H,54,61)/t30-,33-,34-,35-,36-,37-,38-/m0/s1. The fraction of sp³-hybridized carbons (Fsp3) is 0.562. The molecule has 20 heteroatoms. The number of carbonyl (C=O) groups is 9. The topological polar surface area (TPSA) is 271 Å². The quantitative estimate of drug-likeness (QED) is 0.0850. The van der Waals surface area contributed by atoms with Gasteiger partial charge in [-0.1, -0.05) is 74.5 Å². The average Bonchev–Trinajstić information content (AvgIpc) is 4.00. The number of aliphatic hydroxyl groups excluding tert-OH is 1. The monoisotopic (exact) mass is 948 g/mol. The van der Waals surface area contributed by atoms with E-state index in [0.717, 1.165) is 0 Å². The van der Waals surface area contributed by atoms with Gasteiger partial charge in [-0.3, -0.25) is 38.5 Å². The van der Waals surface area contributed by atoms with Crippen molar-refractivity contribution in [2.45, 2.75) is 134 Å². The minimum atomic E-state index is -1.59. The van der Waals surface area contributed by atoms with E-state index in [0.29, 0.717) is 36.8 Å². The van der Waals surface area contributed by atoms with Crippen molar-refractivity contribution in [3.63, 3.8) is 0 Å². The van der Waals surface area contributed by atoms with Crippen LogP contribution in [-0.2, 0) is 60.7 Å². The highest BCUT2D eigenvalue weighted by atomic mass is 16.6. The lowest BCUT2D eigenvalue weighted by Crippen LogP contribution is -2.60. The van der Waals surface area contributed by atoms with Crippen LogP contribution in [0.3, 0.4) is 0 Å². The van der Waals surface area contributed by atoms with E-state index >= 15 is 0 Å². The normalized spacial score (nSPS) is 18.0. The summed E-state index contributed by atoms with van der Waals surface area (Å²) < 4.78 is 10.2. The number of amides is 8. The maximum atomic E-state index is 14.0. The number of nitrogens with one attached hydrogen (secondary N) is 6. The molecule has 2 fully saturated rings. The summed E-state index contributed by atoms with van der Waals surface area (Å²) >= 11 is 0. The molecule has 2 aliphatic heterocycles. The predicted molar refractivity (Wildman–Crippen MR) is 248 cm³/mol. The number of carbonyl (C=O) groups excluding carboxylic acids is 9. The lowest BCUT2D eigenvalue weighted by Gasteiger charge is -2.29. The van der Waals surface area contributed by atoms with Crippen LogP contribution < -0.4 is 31.9 Å². The Morgan fingerprint density at radius 2 is 1.12 bits per heavy atom. The van der Waals surface area contributed by atoms with Crippen molar-refractivity contribution in [2.24, 2.45) is 5.92 Å². The van der Waals surface area contributed by atoms with E-state index in [1.807, 2.05) is 13.8 Å². The van der Waals surface area contributed by atoms with E-state index in [-0.39, 0.29) is 38.3 Å². The van der Waals surface area contributed by atoms with Gasteiger partial charge < -0.3 is 51.4 Å². The van der Waals surface area contributed by atoms with Crippen molar-refractivity contribution in [1.29, 1.82) is 0 Å². The highest BCUT2D eigenvalue weighted by molar-refractivity contribution is 5.97. The molecule has 8 amide bonds. The summed E-state index contributed by atoms with van der Waals surface area (Å²) in [6, 6.07) is 9.48. The molecule has 2 aromatic rings. The number of hydrogen-bond acceptors (Lipinski definition) is 12. The van der Waals surface area contributed by atoms with Gasteiger partial charge in [-0.05, 0) is 76.8 Å². The second kappa shape index (κ2) is 25.5. The second-order valence-electron chi connectivity index (χ2n) is 18.5. The third-order valence-electron chi connectivity index (χ3n) is 11.4. The van der Waals surface area contributed by atoms with Crippen molar-refractivity contribution in [1.82, 2.24) is 41.7 Å². The number of benzene rings is 2. The molecule has 0 unspecified atom stereocenters. The van der Waals surface area contributed by atoms with Crippen molar-refractivity contribution in [2.75, 3.05) is 33.4 Å². The summed E-state index contributed by atoms with van der Waals surface area (Å²) in [5.74, 6) is -5.56. The third-order valence-corrected chi connectivity index (χ3v) is 11.4. The van der Waals surface area contributed by atoms with E-state index in [4.69, 9.17) is 9.47 Å². The number of ether oxygens (including phenoxy) is 2. The maximum absolute atomic E-state index is 14.0. The van der Waals surface area contributed by atoms with Crippen molar-refractivity contribution < 1.29 is 57.7 Å². The van der Waals surface area contributed by atoms with Gasteiger partial charge in [0, 0.05) is 25.9 Å². The highest BCUT2D eigenvalue weighted by Gasteiger charge is 2.40. The van der Waals surface area contributed by atoms with Gasteiger partial charge in [-0.15, -0.1) is 0 Å². The highest BCUT2D eigenvalue weighted by Crippen LogP contribution is 2.22. The minimum absolute atomic E-state index is 0.00583. The number of methoxy groups -OCH3 is 1. The first-order valence-corrected chi connectivity index (χ1v) is 23.1. The molecule has 68 heavy (non-hydrogen) atoms. The molecule has 0 spiro atoms. The lowest BCUT2D eigenvalue weighted by atomic mass is 10.0. The summed E-state index contributed by atoms with van der Waals surface area (Å²) in [5, 5.41) is 26.1. The Morgan fingerprint density at radius 3 is 1.63 bits per heavy atom. The van der Waals surface area contributed by atoms with Gasteiger partial charge in [-0.25, -0.2) is 9.59 Å². The van der Waals surface area contributed by atoms with Gasteiger partial charge in [0.1, 0.15) is 47.9 Å². The zero-order valence-electron chi connectivity index (χ0n) is 40.0. The van der Waals surface area contributed by atoms with E-state index < -0.39 is 114 Å². The lowest BCUT2D eigenvalue weighted by molar-refractivity contribution is -0.145. The summed E-state index contributed by atoms with van der Waals surface area (Å²) in [4.78, 5) is 123. The zero-order chi connectivity index (χ0) is 50.1. The Morgan fingerprint density at radius 1 is 0.647 bits per heavy atom. The summed E-state index contributed by atoms with van der Waals surface area (Å²) in [6.07, 6.45) is 1.15. The second-order valence-corrected chi connectivity index (χ2v) is 18.5. The number of aliphatic hydroxyl groups is 1. The molecule has 2 saturated heterocycles. The van der Waals surface area contributed by atoms with E-state index in [9.17, 15) is 48.3 Å². The molecule has 0 bridgehead atoms. The van der Waals surface area contributed by atoms with Crippen LogP contribution in [0, 0.1) is 5.92 Å². The van der Waals surface area contributed by atoms with Crippen LogP contribution >= 0.6 is 0 Å². The van der Waals surface area contributed by atoms with Gasteiger partial charge in [0.25, 0.3) is 0 Å². The molecule has 4 rings (SSSR count). The molecule has 7 atom stereocenters. The molecule has 0 saturated carbocycles. The van der Waals surface area contributed by atoms with Crippen LogP contribution in [-0.4, -0.2) is 150 Å². The molecule has 0 aromatic heterocycles. The molecule has 2 heterocycles. The predicted octanol–water partition coefficient (Wildman–Crippen LogP) is 0.634. The van der Waals surface area contributed by atoms with Crippen molar-refractivity contribution >= 4 is 53.4 Å². The summed E-state index contributed by atoms with van der Waals surface area (Å²) in [6.45, 7) is 9.36. The molecule has 2 aliphatic rings.